The van der Waals surface area contributed by atoms with Crippen LogP contribution in [0.25, 0.3) is 0 Å². The summed E-state index contributed by atoms with van der Waals surface area (Å²) in [6.07, 6.45) is 1.03. The fourth-order valence-corrected chi connectivity index (χ4v) is 2.49. The van der Waals surface area contributed by atoms with Crippen LogP contribution in [0.3, 0.4) is 0 Å². The van der Waals surface area contributed by atoms with E-state index in [9.17, 15) is 4.79 Å². The van der Waals surface area contributed by atoms with E-state index in [1.165, 1.54) is 0 Å². The van der Waals surface area contributed by atoms with Crippen molar-refractivity contribution >= 4 is 11.6 Å². The molecule has 1 aliphatic rings. The maximum Gasteiger partial charge on any atom is 0.253 e. The van der Waals surface area contributed by atoms with Gasteiger partial charge in [-0.3, -0.25) is 4.79 Å². The van der Waals surface area contributed by atoms with Gasteiger partial charge in [-0.15, -0.1) is 0 Å². The fourth-order valence-electron chi connectivity index (χ4n) is 2.49. The Morgan fingerprint density at radius 3 is 2.86 bits per heavy atom. The van der Waals surface area contributed by atoms with Gasteiger partial charge in [-0.25, -0.2) is 0 Å². The molecule has 0 bridgehead atoms. The standard InChI is InChI=1S/C17H26N2O2/c1-12(2)19(4)16-6-5-13(3)9-15(16)17(20)18-10-14-7-8-21-11-14/h5-6,9,12,14H,7-8,10-11H2,1-4H3,(H,18,20). The Morgan fingerprint density at radius 2 is 2.24 bits per heavy atom. The predicted octanol–water partition coefficient (Wildman–Crippen LogP) is 2.61. The molecule has 1 aromatic carbocycles. The van der Waals surface area contributed by atoms with Gasteiger partial charge in [0, 0.05) is 37.8 Å². The molecule has 2 rings (SSSR count). The lowest BCUT2D eigenvalue weighted by Crippen LogP contribution is -2.33. The molecule has 0 aromatic heterocycles. The molecule has 1 unspecified atom stereocenters. The molecule has 116 valence electrons. The Kier molecular flexibility index (Phi) is 5.23. The van der Waals surface area contributed by atoms with Crippen molar-refractivity contribution in [2.45, 2.75) is 33.2 Å². The van der Waals surface area contributed by atoms with Crippen LogP contribution in [0.1, 0.15) is 36.2 Å². The minimum atomic E-state index is 0.00750. The first-order valence-corrected chi connectivity index (χ1v) is 7.68. The minimum absolute atomic E-state index is 0.00750. The highest BCUT2D eigenvalue weighted by Gasteiger charge is 2.19. The summed E-state index contributed by atoms with van der Waals surface area (Å²) >= 11 is 0. The molecule has 1 amide bonds. The van der Waals surface area contributed by atoms with E-state index in [1.54, 1.807) is 0 Å². The minimum Gasteiger partial charge on any atom is -0.381 e. The largest absolute Gasteiger partial charge is 0.381 e. The summed E-state index contributed by atoms with van der Waals surface area (Å²) in [6.45, 7) is 8.52. The van der Waals surface area contributed by atoms with Gasteiger partial charge >= 0.3 is 0 Å². The summed E-state index contributed by atoms with van der Waals surface area (Å²) < 4.78 is 5.35. The molecule has 0 aliphatic carbocycles. The quantitative estimate of drug-likeness (QED) is 0.906. The van der Waals surface area contributed by atoms with Crippen LogP contribution < -0.4 is 10.2 Å². The number of aryl methyl sites for hydroxylation is 1. The molecule has 4 nitrogen and oxygen atoms in total. The number of nitrogens with one attached hydrogen (secondary N) is 1. The normalized spacial score (nSPS) is 18.0. The second-order valence-corrected chi connectivity index (χ2v) is 6.16. The number of hydrogen-bond acceptors (Lipinski definition) is 3. The monoisotopic (exact) mass is 290 g/mol. The van der Waals surface area contributed by atoms with Crippen molar-refractivity contribution in [2.24, 2.45) is 5.92 Å². The Labute approximate surface area is 127 Å². The van der Waals surface area contributed by atoms with Gasteiger partial charge in [0.15, 0.2) is 0 Å². The summed E-state index contributed by atoms with van der Waals surface area (Å²) in [5, 5.41) is 3.06. The van der Waals surface area contributed by atoms with Crippen LogP contribution in [0.4, 0.5) is 5.69 Å². The molecule has 1 saturated heterocycles. The Balaban J connectivity index is 2.12. The first kappa shape index (κ1) is 15.8. The number of anilines is 1. The van der Waals surface area contributed by atoms with Gasteiger partial charge in [-0.05, 0) is 39.3 Å². The fraction of sp³-hybridized carbons (Fsp3) is 0.588. The van der Waals surface area contributed by atoms with E-state index >= 15 is 0 Å². The van der Waals surface area contributed by atoms with Crippen molar-refractivity contribution in [3.8, 4) is 0 Å². The van der Waals surface area contributed by atoms with Crippen LogP contribution in [0.2, 0.25) is 0 Å². The molecule has 0 spiro atoms. The third-order valence-corrected chi connectivity index (χ3v) is 4.13. The van der Waals surface area contributed by atoms with Gasteiger partial charge in [-0.1, -0.05) is 11.6 Å². The van der Waals surface area contributed by atoms with Crippen molar-refractivity contribution in [1.82, 2.24) is 5.32 Å². The lowest BCUT2D eigenvalue weighted by Gasteiger charge is -2.26. The highest BCUT2D eigenvalue weighted by atomic mass is 16.5. The van der Waals surface area contributed by atoms with E-state index in [4.69, 9.17) is 4.74 Å². The number of hydrogen-bond donors (Lipinski definition) is 1. The smallest absolute Gasteiger partial charge is 0.253 e. The number of ether oxygens (including phenoxy) is 1. The molecule has 1 aromatic rings. The molecule has 0 radical (unpaired) electrons. The molecule has 1 heterocycles. The van der Waals surface area contributed by atoms with Gasteiger partial charge in [0.25, 0.3) is 5.91 Å². The molecular weight excluding hydrogens is 264 g/mol. The first-order valence-electron chi connectivity index (χ1n) is 7.68. The molecular formula is C17H26N2O2. The second-order valence-electron chi connectivity index (χ2n) is 6.16. The summed E-state index contributed by atoms with van der Waals surface area (Å²) in [6, 6.07) is 6.40. The number of amides is 1. The molecule has 21 heavy (non-hydrogen) atoms. The maximum absolute atomic E-state index is 12.5. The summed E-state index contributed by atoms with van der Waals surface area (Å²) in [5.74, 6) is 0.457. The molecule has 0 saturated carbocycles. The van der Waals surface area contributed by atoms with Crippen LogP contribution in [0.15, 0.2) is 18.2 Å². The van der Waals surface area contributed by atoms with Gasteiger partial charge in [0.2, 0.25) is 0 Å². The average Bonchev–Trinajstić information content (AvgIpc) is 2.97. The van der Waals surface area contributed by atoms with Crippen LogP contribution in [0.5, 0.6) is 0 Å². The lowest BCUT2D eigenvalue weighted by atomic mass is 10.1. The highest BCUT2D eigenvalue weighted by Crippen LogP contribution is 2.23. The van der Waals surface area contributed by atoms with E-state index in [1.807, 2.05) is 26.1 Å². The molecule has 4 heteroatoms. The molecule has 1 N–H and O–H groups in total. The van der Waals surface area contributed by atoms with Gasteiger partial charge in [-0.2, -0.15) is 0 Å². The van der Waals surface area contributed by atoms with Gasteiger partial charge < -0.3 is 15.0 Å². The van der Waals surface area contributed by atoms with Crippen molar-refractivity contribution in [1.29, 1.82) is 0 Å². The molecule has 1 aliphatic heterocycles. The first-order chi connectivity index (χ1) is 9.99. The third kappa shape index (κ3) is 3.97. The van der Waals surface area contributed by atoms with Crippen LogP contribution in [-0.2, 0) is 4.74 Å². The number of benzene rings is 1. The van der Waals surface area contributed by atoms with Crippen molar-refractivity contribution in [2.75, 3.05) is 31.7 Å². The van der Waals surface area contributed by atoms with Crippen LogP contribution in [-0.4, -0.2) is 38.8 Å². The zero-order chi connectivity index (χ0) is 15.4. The third-order valence-electron chi connectivity index (χ3n) is 4.13. The van der Waals surface area contributed by atoms with Gasteiger partial charge in [0.1, 0.15) is 0 Å². The summed E-state index contributed by atoms with van der Waals surface area (Å²) in [4.78, 5) is 14.7. The predicted molar refractivity (Wildman–Crippen MR) is 86.0 cm³/mol. The average molecular weight is 290 g/mol. The summed E-state index contributed by atoms with van der Waals surface area (Å²) in [5.41, 5.74) is 2.84. The topological polar surface area (TPSA) is 41.6 Å². The molecule has 1 atom stereocenters. The second kappa shape index (κ2) is 6.94. The Morgan fingerprint density at radius 1 is 1.48 bits per heavy atom. The van der Waals surface area contributed by atoms with Crippen molar-refractivity contribution < 1.29 is 9.53 Å². The number of carbonyl (C=O) groups is 1. The van der Waals surface area contributed by atoms with Crippen LogP contribution in [0, 0.1) is 12.8 Å². The maximum atomic E-state index is 12.5. The lowest BCUT2D eigenvalue weighted by molar-refractivity contribution is 0.0945. The van der Waals surface area contributed by atoms with Crippen LogP contribution >= 0.6 is 0 Å². The van der Waals surface area contributed by atoms with E-state index < -0.39 is 0 Å². The Hall–Kier alpha value is -1.55. The molecule has 1 fully saturated rings. The highest BCUT2D eigenvalue weighted by molar-refractivity contribution is 6.00. The Bertz CT molecular complexity index is 494. The van der Waals surface area contributed by atoms with Crippen molar-refractivity contribution in [3.05, 3.63) is 29.3 Å². The van der Waals surface area contributed by atoms with E-state index in [0.717, 1.165) is 36.4 Å². The van der Waals surface area contributed by atoms with E-state index in [-0.39, 0.29) is 5.91 Å². The number of nitrogens with zero attached hydrogens (tertiary/aromatic N) is 1. The zero-order valence-corrected chi connectivity index (χ0v) is 13.5. The zero-order valence-electron chi connectivity index (χ0n) is 13.5. The number of carbonyl (C=O) groups excluding carboxylic acids is 1. The number of rotatable bonds is 5. The van der Waals surface area contributed by atoms with Crippen molar-refractivity contribution in [3.63, 3.8) is 0 Å². The van der Waals surface area contributed by atoms with Gasteiger partial charge in [0.05, 0.1) is 12.2 Å². The SMILES string of the molecule is Cc1ccc(N(C)C(C)C)c(C(=O)NCC2CCOC2)c1. The van der Waals surface area contributed by atoms with E-state index in [0.29, 0.717) is 18.5 Å². The summed E-state index contributed by atoms with van der Waals surface area (Å²) in [7, 11) is 2.02. The van der Waals surface area contributed by atoms with E-state index in [2.05, 4.69) is 30.1 Å².